The van der Waals surface area contributed by atoms with Crippen LogP contribution in [0, 0.1) is 11.6 Å². The Morgan fingerprint density at radius 3 is 2.08 bits per heavy atom. The van der Waals surface area contributed by atoms with Crippen LogP contribution in [-0.4, -0.2) is 60.4 Å². The summed E-state index contributed by atoms with van der Waals surface area (Å²) in [6, 6.07) is 21.6. The standard InChI is InChI=1S/C30H33F2N3O/c1-33(28-8-4-6-22-5-2-3-7-27(22)28)29(36)21-34-17-19-35(20-18-34)30(23-9-13-25(31)14-10-23)24-11-15-26(32)16-12-24/h2-3,5,7,9-16,28,30H,4,6,8,17-21H2,1H3. The third-order valence-electron chi connectivity index (χ3n) is 7.70. The van der Waals surface area contributed by atoms with E-state index in [0.29, 0.717) is 6.54 Å². The van der Waals surface area contributed by atoms with Crippen molar-refractivity contribution in [2.45, 2.75) is 31.3 Å². The zero-order valence-corrected chi connectivity index (χ0v) is 20.7. The molecule has 0 spiro atoms. The number of benzene rings is 3. The van der Waals surface area contributed by atoms with Crippen molar-refractivity contribution in [3.63, 3.8) is 0 Å². The van der Waals surface area contributed by atoms with Crippen LogP contribution < -0.4 is 0 Å². The van der Waals surface area contributed by atoms with Crippen LogP contribution in [0.5, 0.6) is 0 Å². The van der Waals surface area contributed by atoms with Gasteiger partial charge in [-0.1, -0.05) is 48.5 Å². The van der Waals surface area contributed by atoms with Crippen molar-refractivity contribution < 1.29 is 13.6 Å². The third kappa shape index (κ3) is 5.35. The van der Waals surface area contributed by atoms with Crippen LogP contribution in [-0.2, 0) is 11.2 Å². The number of hydrogen-bond donors (Lipinski definition) is 0. The smallest absolute Gasteiger partial charge is 0.237 e. The maximum absolute atomic E-state index is 13.6. The molecule has 6 heteroatoms. The first kappa shape index (κ1) is 24.6. The lowest BCUT2D eigenvalue weighted by Crippen LogP contribution is -2.51. The van der Waals surface area contributed by atoms with E-state index in [1.54, 1.807) is 24.3 Å². The van der Waals surface area contributed by atoms with Gasteiger partial charge >= 0.3 is 0 Å². The summed E-state index contributed by atoms with van der Waals surface area (Å²) < 4.78 is 27.2. The summed E-state index contributed by atoms with van der Waals surface area (Å²) in [7, 11) is 1.93. The summed E-state index contributed by atoms with van der Waals surface area (Å²) in [5, 5.41) is 0. The highest BCUT2D eigenvalue weighted by Gasteiger charge is 2.30. The Kier molecular flexibility index (Phi) is 7.44. The van der Waals surface area contributed by atoms with Gasteiger partial charge < -0.3 is 4.90 Å². The molecule has 1 aliphatic heterocycles. The Morgan fingerprint density at radius 2 is 1.47 bits per heavy atom. The number of fused-ring (bicyclic) bond motifs is 1. The Morgan fingerprint density at radius 1 is 0.889 bits per heavy atom. The Balaban J connectivity index is 1.24. The van der Waals surface area contributed by atoms with Crippen molar-refractivity contribution in [2.24, 2.45) is 0 Å². The van der Waals surface area contributed by atoms with Crippen molar-refractivity contribution in [1.29, 1.82) is 0 Å². The normalized spacial score (nSPS) is 18.7. The number of nitrogens with zero attached hydrogens (tertiary/aromatic N) is 3. The molecule has 0 saturated carbocycles. The molecule has 1 saturated heterocycles. The molecule has 36 heavy (non-hydrogen) atoms. The van der Waals surface area contributed by atoms with Crippen LogP contribution in [0.3, 0.4) is 0 Å². The second-order valence-electron chi connectivity index (χ2n) is 9.93. The Bertz CT molecular complexity index is 1130. The summed E-state index contributed by atoms with van der Waals surface area (Å²) in [5.74, 6) is -0.395. The van der Waals surface area contributed by atoms with Gasteiger partial charge in [-0.25, -0.2) is 8.78 Å². The first-order valence-electron chi connectivity index (χ1n) is 12.8. The number of rotatable bonds is 6. The molecule has 1 unspecified atom stereocenters. The van der Waals surface area contributed by atoms with Crippen molar-refractivity contribution in [3.05, 3.63) is 107 Å². The third-order valence-corrected chi connectivity index (χ3v) is 7.70. The highest BCUT2D eigenvalue weighted by molar-refractivity contribution is 5.78. The molecule has 1 aliphatic carbocycles. The molecule has 0 bridgehead atoms. The fourth-order valence-electron chi connectivity index (χ4n) is 5.69. The minimum absolute atomic E-state index is 0.0922. The summed E-state index contributed by atoms with van der Waals surface area (Å²) in [4.78, 5) is 19.7. The molecule has 5 rings (SSSR count). The average molecular weight is 490 g/mol. The quantitative estimate of drug-likeness (QED) is 0.476. The largest absolute Gasteiger partial charge is 0.338 e. The Labute approximate surface area is 212 Å². The van der Waals surface area contributed by atoms with Crippen LogP contribution in [0.4, 0.5) is 8.78 Å². The molecule has 3 aromatic rings. The van der Waals surface area contributed by atoms with Gasteiger partial charge in [0.25, 0.3) is 0 Å². The predicted octanol–water partition coefficient (Wildman–Crippen LogP) is 5.21. The zero-order chi connectivity index (χ0) is 25.1. The van der Waals surface area contributed by atoms with E-state index >= 15 is 0 Å². The zero-order valence-electron chi connectivity index (χ0n) is 20.7. The number of piperazine rings is 1. The van der Waals surface area contributed by atoms with Gasteiger partial charge in [-0.05, 0) is 65.8 Å². The van der Waals surface area contributed by atoms with Gasteiger partial charge in [-0.2, -0.15) is 0 Å². The lowest BCUT2D eigenvalue weighted by atomic mass is 9.87. The van der Waals surface area contributed by atoms with E-state index in [1.165, 1.54) is 35.4 Å². The van der Waals surface area contributed by atoms with E-state index < -0.39 is 0 Å². The maximum atomic E-state index is 13.6. The molecular formula is C30H33F2N3O. The minimum Gasteiger partial charge on any atom is -0.338 e. The van der Waals surface area contributed by atoms with Crippen LogP contribution >= 0.6 is 0 Å². The lowest BCUT2D eigenvalue weighted by Gasteiger charge is -2.40. The van der Waals surface area contributed by atoms with E-state index in [-0.39, 0.29) is 29.6 Å². The van der Waals surface area contributed by atoms with E-state index in [9.17, 15) is 13.6 Å². The monoisotopic (exact) mass is 489 g/mol. The molecule has 1 fully saturated rings. The van der Waals surface area contributed by atoms with Gasteiger partial charge in [0.2, 0.25) is 5.91 Å². The van der Waals surface area contributed by atoms with E-state index in [4.69, 9.17) is 0 Å². The SMILES string of the molecule is CN(C(=O)CN1CCN(C(c2ccc(F)cc2)c2ccc(F)cc2)CC1)C1CCCc2ccccc21. The van der Waals surface area contributed by atoms with Crippen LogP contribution in [0.2, 0.25) is 0 Å². The first-order chi connectivity index (χ1) is 17.5. The van der Waals surface area contributed by atoms with Crippen LogP contribution in [0.25, 0.3) is 0 Å². The van der Waals surface area contributed by atoms with Gasteiger partial charge in [0.1, 0.15) is 11.6 Å². The van der Waals surface area contributed by atoms with Gasteiger partial charge in [0, 0.05) is 33.2 Å². The highest BCUT2D eigenvalue weighted by atomic mass is 19.1. The summed E-state index contributed by atoms with van der Waals surface area (Å²) in [6.45, 7) is 3.46. The van der Waals surface area contributed by atoms with Crippen molar-refractivity contribution >= 4 is 5.91 Å². The Hall–Kier alpha value is -3.09. The maximum Gasteiger partial charge on any atom is 0.237 e. The predicted molar refractivity (Wildman–Crippen MR) is 138 cm³/mol. The molecular weight excluding hydrogens is 456 g/mol. The molecule has 1 atom stereocenters. The number of hydrogen-bond acceptors (Lipinski definition) is 3. The van der Waals surface area contributed by atoms with Crippen LogP contribution in [0.15, 0.2) is 72.8 Å². The number of carbonyl (C=O) groups is 1. The van der Waals surface area contributed by atoms with Crippen LogP contribution in [0.1, 0.15) is 47.2 Å². The second-order valence-corrected chi connectivity index (χ2v) is 9.93. The van der Waals surface area contributed by atoms with Gasteiger partial charge in [0.15, 0.2) is 0 Å². The lowest BCUT2D eigenvalue weighted by molar-refractivity contribution is -0.134. The molecule has 0 radical (unpaired) electrons. The average Bonchev–Trinajstić information content (AvgIpc) is 2.91. The fraction of sp³-hybridized carbons (Fsp3) is 0.367. The molecule has 188 valence electrons. The molecule has 2 aliphatic rings. The number of aryl methyl sites for hydroxylation is 1. The highest BCUT2D eigenvalue weighted by Crippen LogP contribution is 2.34. The first-order valence-corrected chi connectivity index (χ1v) is 12.8. The van der Waals surface area contributed by atoms with Crippen molar-refractivity contribution in [3.8, 4) is 0 Å². The summed E-state index contributed by atoms with van der Waals surface area (Å²) in [5.41, 5.74) is 4.59. The summed E-state index contributed by atoms with van der Waals surface area (Å²) in [6.07, 6.45) is 3.19. The van der Waals surface area contributed by atoms with E-state index in [2.05, 4.69) is 34.1 Å². The molecule has 1 heterocycles. The minimum atomic E-state index is -0.273. The summed E-state index contributed by atoms with van der Waals surface area (Å²) >= 11 is 0. The number of amides is 1. The van der Waals surface area contributed by atoms with Gasteiger partial charge in [-0.3, -0.25) is 14.6 Å². The molecule has 0 aromatic heterocycles. The van der Waals surface area contributed by atoms with Crippen molar-refractivity contribution in [1.82, 2.24) is 14.7 Å². The van der Waals surface area contributed by atoms with Gasteiger partial charge in [0.05, 0.1) is 18.6 Å². The molecule has 3 aromatic carbocycles. The molecule has 0 N–H and O–H groups in total. The molecule has 1 amide bonds. The van der Waals surface area contributed by atoms with Crippen molar-refractivity contribution in [2.75, 3.05) is 39.8 Å². The van der Waals surface area contributed by atoms with Gasteiger partial charge in [-0.15, -0.1) is 0 Å². The second kappa shape index (κ2) is 10.9. The number of halogens is 2. The fourth-order valence-corrected chi connectivity index (χ4v) is 5.69. The van der Waals surface area contributed by atoms with E-state index in [1.807, 2.05) is 11.9 Å². The number of carbonyl (C=O) groups excluding carboxylic acids is 1. The number of likely N-dealkylation sites (N-methyl/N-ethyl adjacent to an activating group) is 1. The van der Waals surface area contributed by atoms with E-state index in [0.717, 1.165) is 56.6 Å². The molecule has 4 nitrogen and oxygen atoms in total. The topological polar surface area (TPSA) is 26.8 Å².